The summed E-state index contributed by atoms with van der Waals surface area (Å²) in [4.78, 5) is 11.5. The second-order valence-corrected chi connectivity index (χ2v) is 5.88. The second kappa shape index (κ2) is 6.25. The lowest BCUT2D eigenvalue weighted by Gasteiger charge is -2.11. The zero-order valence-electron chi connectivity index (χ0n) is 11.0. The van der Waals surface area contributed by atoms with E-state index in [0.717, 1.165) is 12.1 Å². The van der Waals surface area contributed by atoms with Gasteiger partial charge in [0, 0.05) is 11.7 Å². The van der Waals surface area contributed by atoms with Crippen molar-refractivity contribution in [3.8, 4) is 0 Å². The number of hydrogen-bond donors (Lipinski definition) is 2. The van der Waals surface area contributed by atoms with E-state index >= 15 is 0 Å². The molecule has 0 aliphatic rings. The summed E-state index contributed by atoms with van der Waals surface area (Å²) < 4.78 is 49.3. The molecule has 0 aromatic heterocycles. The molecule has 8 heteroatoms. The first-order valence-electron chi connectivity index (χ1n) is 5.75. The average Bonchev–Trinajstić information content (AvgIpc) is 2.25. The molecule has 0 aliphatic heterocycles. The molecule has 1 rings (SSSR count). The van der Waals surface area contributed by atoms with Gasteiger partial charge in [-0.1, -0.05) is 0 Å². The normalized spacial score (nSPS) is 13.3. The lowest BCUT2D eigenvalue weighted by molar-refractivity contribution is -0.137. The summed E-state index contributed by atoms with van der Waals surface area (Å²) in [6.45, 7) is 3.49. The van der Waals surface area contributed by atoms with E-state index in [9.17, 15) is 22.2 Å². The molecule has 1 amide bonds. The number of benzene rings is 1. The first-order chi connectivity index (χ1) is 9.11. The van der Waals surface area contributed by atoms with Gasteiger partial charge in [0.05, 0.1) is 21.3 Å². The maximum absolute atomic E-state index is 12.5. The summed E-state index contributed by atoms with van der Waals surface area (Å²) >= 11 is 0. The van der Waals surface area contributed by atoms with Crippen molar-refractivity contribution < 1.29 is 22.2 Å². The van der Waals surface area contributed by atoms with Crippen LogP contribution in [0.15, 0.2) is 23.1 Å². The van der Waals surface area contributed by atoms with E-state index in [1.54, 1.807) is 13.8 Å². The van der Waals surface area contributed by atoms with Crippen molar-refractivity contribution in [2.45, 2.75) is 31.0 Å². The highest BCUT2D eigenvalue weighted by atomic mass is 32.2. The fourth-order valence-electron chi connectivity index (χ4n) is 1.49. The maximum Gasteiger partial charge on any atom is 0.416 e. The van der Waals surface area contributed by atoms with Gasteiger partial charge in [-0.3, -0.25) is 9.00 Å². The van der Waals surface area contributed by atoms with Gasteiger partial charge >= 0.3 is 6.18 Å². The summed E-state index contributed by atoms with van der Waals surface area (Å²) in [5.74, 6) is -0.786. The van der Waals surface area contributed by atoms with E-state index in [2.05, 4.69) is 5.32 Å². The Hall–Kier alpha value is -1.57. The number of hydrogen-bond acceptors (Lipinski definition) is 3. The third kappa shape index (κ3) is 4.52. The lowest BCUT2D eigenvalue weighted by atomic mass is 10.2. The minimum atomic E-state index is -4.51. The molecule has 0 radical (unpaired) electrons. The summed E-state index contributed by atoms with van der Waals surface area (Å²) in [5.41, 5.74) is 4.32. The van der Waals surface area contributed by atoms with Crippen LogP contribution in [0.4, 0.5) is 18.9 Å². The Kier molecular flexibility index (Phi) is 5.15. The fraction of sp³-hybridized carbons (Fsp3) is 0.417. The number of amides is 1. The largest absolute Gasteiger partial charge is 0.416 e. The molecule has 0 saturated carbocycles. The van der Waals surface area contributed by atoms with E-state index in [0.29, 0.717) is 6.07 Å². The van der Waals surface area contributed by atoms with Crippen LogP contribution in [0.25, 0.3) is 0 Å². The molecule has 4 nitrogen and oxygen atoms in total. The van der Waals surface area contributed by atoms with E-state index in [4.69, 9.17) is 5.73 Å². The zero-order chi connectivity index (χ0) is 15.5. The SMILES string of the molecule is CC(C)NC(=O)CS(=O)c1ccc(C(F)(F)F)cc1N. The maximum atomic E-state index is 12.5. The van der Waals surface area contributed by atoms with Crippen LogP contribution in [0, 0.1) is 0 Å². The molecule has 1 aromatic rings. The van der Waals surface area contributed by atoms with Crippen LogP contribution >= 0.6 is 0 Å². The van der Waals surface area contributed by atoms with E-state index in [1.165, 1.54) is 0 Å². The van der Waals surface area contributed by atoms with Gasteiger partial charge in [-0.2, -0.15) is 13.2 Å². The molecular weight excluding hydrogens is 293 g/mol. The molecule has 0 spiro atoms. The van der Waals surface area contributed by atoms with Crippen molar-refractivity contribution in [2.24, 2.45) is 0 Å². The van der Waals surface area contributed by atoms with Gasteiger partial charge in [0.1, 0.15) is 5.75 Å². The Bertz CT molecular complexity index is 530. The third-order valence-corrected chi connectivity index (χ3v) is 3.68. The number of nitrogen functional groups attached to an aromatic ring is 1. The lowest BCUT2D eigenvalue weighted by Crippen LogP contribution is -2.33. The van der Waals surface area contributed by atoms with Crippen molar-refractivity contribution in [2.75, 3.05) is 11.5 Å². The molecule has 0 fully saturated rings. The number of halogens is 3. The van der Waals surface area contributed by atoms with Crippen LogP contribution in [0.2, 0.25) is 0 Å². The summed E-state index contributed by atoms with van der Waals surface area (Å²) in [5, 5.41) is 2.55. The Morgan fingerprint density at radius 3 is 2.45 bits per heavy atom. The quantitative estimate of drug-likeness (QED) is 0.835. The molecule has 20 heavy (non-hydrogen) atoms. The minimum absolute atomic E-state index is 0.0249. The van der Waals surface area contributed by atoms with Gasteiger partial charge in [0.25, 0.3) is 0 Å². The predicted molar refractivity (Wildman–Crippen MR) is 70.4 cm³/mol. The van der Waals surface area contributed by atoms with Crippen molar-refractivity contribution in [1.82, 2.24) is 5.32 Å². The molecule has 1 aromatic carbocycles. The highest BCUT2D eigenvalue weighted by molar-refractivity contribution is 7.86. The molecule has 1 atom stereocenters. The monoisotopic (exact) mass is 308 g/mol. The first kappa shape index (κ1) is 16.5. The Balaban J connectivity index is 2.87. The van der Waals surface area contributed by atoms with Crippen LogP contribution in [0.1, 0.15) is 19.4 Å². The number of rotatable bonds is 4. The average molecular weight is 308 g/mol. The Morgan fingerprint density at radius 1 is 1.40 bits per heavy atom. The van der Waals surface area contributed by atoms with Crippen molar-refractivity contribution >= 4 is 22.4 Å². The van der Waals surface area contributed by atoms with E-state index in [1.807, 2.05) is 0 Å². The zero-order valence-corrected chi connectivity index (χ0v) is 11.8. The topological polar surface area (TPSA) is 72.2 Å². The predicted octanol–water partition coefficient (Wildman–Crippen LogP) is 1.92. The third-order valence-electron chi connectivity index (χ3n) is 2.29. The standard InChI is InChI=1S/C12H15F3N2O2S/c1-7(2)17-11(18)6-20(19)10-4-3-8(5-9(10)16)12(13,14)15/h3-5,7H,6,16H2,1-2H3,(H,17,18). The van der Waals surface area contributed by atoms with Crippen molar-refractivity contribution in [3.63, 3.8) is 0 Å². The number of nitrogens with two attached hydrogens (primary N) is 1. The van der Waals surface area contributed by atoms with Crippen LogP contribution in [-0.2, 0) is 21.8 Å². The smallest absolute Gasteiger partial charge is 0.398 e. The molecular formula is C12H15F3N2O2S. The minimum Gasteiger partial charge on any atom is -0.398 e. The van der Waals surface area contributed by atoms with Gasteiger partial charge in [-0.15, -0.1) is 0 Å². The van der Waals surface area contributed by atoms with Crippen LogP contribution in [0.5, 0.6) is 0 Å². The fourth-order valence-corrected chi connectivity index (χ4v) is 2.51. The molecule has 0 aliphatic carbocycles. The summed E-state index contributed by atoms with van der Waals surface area (Å²) in [7, 11) is -1.78. The molecule has 3 N–H and O–H groups in total. The van der Waals surface area contributed by atoms with Gasteiger partial charge in [-0.05, 0) is 32.0 Å². The second-order valence-electron chi connectivity index (χ2n) is 4.46. The molecule has 0 bridgehead atoms. The first-order valence-corrected chi connectivity index (χ1v) is 7.07. The van der Waals surface area contributed by atoms with Crippen molar-refractivity contribution in [3.05, 3.63) is 23.8 Å². The van der Waals surface area contributed by atoms with Crippen LogP contribution in [0.3, 0.4) is 0 Å². The van der Waals surface area contributed by atoms with Gasteiger partial charge < -0.3 is 11.1 Å². The van der Waals surface area contributed by atoms with Crippen LogP contribution < -0.4 is 11.1 Å². The summed E-state index contributed by atoms with van der Waals surface area (Å²) in [6, 6.07) is 2.44. The highest BCUT2D eigenvalue weighted by Gasteiger charge is 2.31. The molecule has 112 valence electrons. The number of nitrogens with one attached hydrogen (secondary N) is 1. The number of carbonyl (C=O) groups is 1. The molecule has 0 saturated heterocycles. The van der Waals surface area contributed by atoms with Crippen molar-refractivity contribution in [1.29, 1.82) is 0 Å². The number of alkyl halides is 3. The Morgan fingerprint density at radius 2 is 2.00 bits per heavy atom. The van der Waals surface area contributed by atoms with E-state index < -0.39 is 28.4 Å². The number of anilines is 1. The van der Waals surface area contributed by atoms with Gasteiger partial charge in [-0.25, -0.2) is 0 Å². The van der Waals surface area contributed by atoms with E-state index in [-0.39, 0.29) is 22.4 Å². The molecule has 1 unspecified atom stereocenters. The van der Waals surface area contributed by atoms with Gasteiger partial charge in [0.2, 0.25) is 5.91 Å². The van der Waals surface area contributed by atoms with Crippen LogP contribution in [-0.4, -0.2) is 21.9 Å². The highest BCUT2D eigenvalue weighted by Crippen LogP contribution is 2.32. The molecule has 0 heterocycles. The Labute approximate surface area is 117 Å². The number of carbonyl (C=O) groups excluding carboxylic acids is 1. The van der Waals surface area contributed by atoms with Gasteiger partial charge in [0.15, 0.2) is 0 Å². The summed E-state index contributed by atoms with van der Waals surface area (Å²) in [6.07, 6.45) is -4.51.